The Morgan fingerprint density at radius 3 is 2.81 bits per heavy atom. The van der Waals surface area contributed by atoms with Crippen LogP contribution in [-0.4, -0.2) is 40.5 Å². The summed E-state index contributed by atoms with van der Waals surface area (Å²) in [5, 5.41) is 14.4. The van der Waals surface area contributed by atoms with Crippen LogP contribution in [0, 0.1) is 12.8 Å². The number of aromatic nitrogens is 1. The van der Waals surface area contributed by atoms with Crippen molar-refractivity contribution in [1.82, 2.24) is 10.1 Å². The predicted octanol–water partition coefficient (Wildman–Crippen LogP) is 3.34. The lowest BCUT2D eigenvalue weighted by atomic mass is 10.0. The number of rotatable bonds is 6. The molecule has 1 saturated heterocycles. The second-order valence-electron chi connectivity index (χ2n) is 7.79. The molecule has 2 fully saturated rings. The molecule has 26 heavy (non-hydrogen) atoms. The highest BCUT2D eigenvalue weighted by Gasteiger charge is 2.32. The molecule has 5 heteroatoms. The van der Waals surface area contributed by atoms with Gasteiger partial charge >= 0.3 is 0 Å². The first-order valence-corrected chi connectivity index (χ1v) is 9.74. The van der Waals surface area contributed by atoms with E-state index >= 15 is 0 Å². The van der Waals surface area contributed by atoms with Crippen molar-refractivity contribution in [2.45, 2.75) is 57.8 Å². The van der Waals surface area contributed by atoms with Crippen LogP contribution in [0.2, 0.25) is 0 Å². The number of β-amino-alcohol motifs (C(OH)–C–C–N with tert-alkyl or cyclic N) is 1. The highest BCUT2D eigenvalue weighted by molar-refractivity contribution is 5.33. The lowest BCUT2D eigenvalue weighted by Gasteiger charge is -2.20. The van der Waals surface area contributed by atoms with E-state index in [-0.39, 0.29) is 12.0 Å². The van der Waals surface area contributed by atoms with Crippen molar-refractivity contribution < 1.29 is 14.4 Å². The molecule has 1 N–H and O–H groups in total. The minimum absolute atomic E-state index is 0.185. The Hall–Kier alpha value is -1.85. The van der Waals surface area contributed by atoms with Gasteiger partial charge in [-0.25, -0.2) is 0 Å². The standard InChI is InChI=1S/C21H28N2O3/c1-15-10-19(26-22-15)11-17-13-23(14-20(17)24)12-16-6-2-5-9-21(16)25-18-7-3-4-8-18/h2,5-6,9-10,17-18,20,24H,3-4,7-8,11-14H2,1H3. The molecule has 2 atom stereocenters. The number of nitrogens with zero attached hydrogens (tertiary/aromatic N) is 2. The molecule has 1 aromatic carbocycles. The number of likely N-dealkylation sites (tertiary alicyclic amines) is 1. The third kappa shape index (κ3) is 4.10. The maximum absolute atomic E-state index is 10.5. The summed E-state index contributed by atoms with van der Waals surface area (Å²) in [6.07, 6.45) is 5.64. The second-order valence-corrected chi connectivity index (χ2v) is 7.79. The fourth-order valence-corrected chi connectivity index (χ4v) is 4.22. The van der Waals surface area contributed by atoms with Gasteiger partial charge in [0.05, 0.1) is 17.9 Å². The summed E-state index contributed by atoms with van der Waals surface area (Å²) >= 11 is 0. The van der Waals surface area contributed by atoms with Gasteiger partial charge in [0.1, 0.15) is 11.5 Å². The molecule has 2 aliphatic rings. The zero-order valence-corrected chi connectivity index (χ0v) is 15.4. The SMILES string of the molecule is Cc1cc(CC2CN(Cc3ccccc3OC3CCCC3)CC2O)on1. The Labute approximate surface area is 154 Å². The van der Waals surface area contributed by atoms with Crippen LogP contribution < -0.4 is 4.74 Å². The first kappa shape index (κ1) is 17.6. The molecule has 1 aliphatic carbocycles. The Morgan fingerprint density at radius 2 is 2.04 bits per heavy atom. The highest BCUT2D eigenvalue weighted by atomic mass is 16.5. The molecule has 4 rings (SSSR count). The van der Waals surface area contributed by atoms with E-state index in [0.717, 1.165) is 49.6 Å². The van der Waals surface area contributed by atoms with Gasteiger partial charge in [-0.15, -0.1) is 0 Å². The Balaban J connectivity index is 1.38. The van der Waals surface area contributed by atoms with Gasteiger partial charge in [0, 0.05) is 43.6 Å². The fraction of sp³-hybridized carbons (Fsp3) is 0.571. The van der Waals surface area contributed by atoms with Crippen LogP contribution in [0.4, 0.5) is 0 Å². The van der Waals surface area contributed by atoms with Gasteiger partial charge in [-0.2, -0.15) is 0 Å². The van der Waals surface area contributed by atoms with E-state index in [2.05, 4.69) is 28.3 Å². The molecule has 2 aromatic rings. The summed E-state index contributed by atoms with van der Waals surface area (Å²) in [5.74, 6) is 2.05. The average molecular weight is 356 g/mol. The predicted molar refractivity (Wildman–Crippen MR) is 99.0 cm³/mol. The van der Waals surface area contributed by atoms with Gasteiger partial charge in [0.25, 0.3) is 0 Å². The fourth-order valence-electron chi connectivity index (χ4n) is 4.22. The van der Waals surface area contributed by atoms with E-state index in [4.69, 9.17) is 9.26 Å². The normalized spacial score (nSPS) is 24.4. The summed E-state index contributed by atoms with van der Waals surface area (Å²) in [5.41, 5.74) is 2.10. The first-order chi connectivity index (χ1) is 12.7. The highest BCUT2D eigenvalue weighted by Crippen LogP contribution is 2.29. The van der Waals surface area contributed by atoms with Crippen molar-refractivity contribution in [2.75, 3.05) is 13.1 Å². The average Bonchev–Trinajstić information content (AvgIpc) is 3.34. The molecular weight excluding hydrogens is 328 g/mol. The maximum Gasteiger partial charge on any atom is 0.137 e. The lowest BCUT2D eigenvalue weighted by Crippen LogP contribution is -2.22. The topological polar surface area (TPSA) is 58.7 Å². The molecule has 2 unspecified atom stereocenters. The summed E-state index contributed by atoms with van der Waals surface area (Å²) < 4.78 is 11.6. The van der Waals surface area contributed by atoms with Crippen LogP contribution >= 0.6 is 0 Å². The van der Waals surface area contributed by atoms with Crippen LogP contribution in [0.3, 0.4) is 0 Å². The van der Waals surface area contributed by atoms with Crippen molar-refractivity contribution in [3.05, 3.63) is 47.3 Å². The smallest absolute Gasteiger partial charge is 0.137 e. The Bertz CT molecular complexity index is 724. The zero-order valence-electron chi connectivity index (χ0n) is 15.4. The molecule has 1 aliphatic heterocycles. The van der Waals surface area contributed by atoms with Crippen LogP contribution in [0.1, 0.15) is 42.7 Å². The minimum Gasteiger partial charge on any atom is -0.490 e. The number of benzene rings is 1. The summed E-state index contributed by atoms with van der Waals surface area (Å²) in [4.78, 5) is 2.31. The van der Waals surface area contributed by atoms with E-state index in [0.29, 0.717) is 12.6 Å². The minimum atomic E-state index is -0.330. The van der Waals surface area contributed by atoms with E-state index in [1.54, 1.807) is 0 Å². The van der Waals surface area contributed by atoms with Crippen molar-refractivity contribution in [1.29, 1.82) is 0 Å². The van der Waals surface area contributed by atoms with E-state index in [1.807, 2.05) is 19.1 Å². The summed E-state index contributed by atoms with van der Waals surface area (Å²) in [7, 11) is 0. The van der Waals surface area contributed by atoms with Crippen molar-refractivity contribution in [3.8, 4) is 5.75 Å². The van der Waals surface area contributed by atoms with Gasteiger partial charge in [-0.1, -0.05) is 23.4 Å². The van der Waals surface area contributed by atoms with Gasteiger partial charge in [0.2, 0.25) is 0 Å². The van der Waals surface area contributed by atoms with Gasteiger partial charge in [0.15, 0.2) is 0 Å². The van der Waals surface area contributed by atoms with Crippen molar-refractivity contribution >= 4 is 0 Å². The van der Waals surface area contributed by atoms with Crippen LogP contribution in [0.15, 0.2) is 34.9 Å². The largest absolute Gasteiger partial charge is 0.490 e. The van der Waals surface area contributed by atoms with E-state index < -0.39 is 0 Å². The molecule has 1 saturated carbocycles. The van der Waals surface area contributed by atoms with Crippen LogP contribution in [-0.2, 0) is 13.0 Å². The lowest BCUT2D eigenvalue weighted by molar-refractivity contribution is 0.137. The van der Waals surface area contributed by atoms with Gasteiger partial charge in [-0.3, -0.25) is 4.90 Å². The first-order valence-electron chi connectivity index (χ1n) is 9.74. The molecule has 0 bridgehead atoms. The number of hydrogen-bond donors (Lipinski definition) is 1. The van der Waals surface area contributed by atoms with Gasteiger partial charge in [-0.05, 0) is 38.7 Å². The Kier molecular flexibility index (Phi) is 5.27. The summed E-state index contributed by atoms with van der Waals surface area (Å²) in [6, 6.07) is 10.3. The van der Waals surface area contributed by atoms with E-state index in [1.165, 1.54) is 18.4 Å². The second kappa shape index (κ2) is 7.80. The maximum atomic E-state index is 10.5. The summed E-state index contributed by atoms with van der Waals surface area (Å²) in [6.45, 7) is 4.28. The van der Waals surface area contributed by atoms with Crippen LogP contribution in [0.25, 0.3) is 0 Å². The third-order valence-corrected chi connectivity index (χ3v) is 5.58. The third-order valence-electron chi connectivity index (χ3n) is 5.58. The number of hydrogen-bond acceptors (Lipinski definition) is 5. The number of aliphatic hydroxyl groups excluding tert-OH is 1. The number of aryl methyl sites for hydroxylation is 1. The molecule has 5 nitrogen and oxygen atoms in total. The molecule has 1 aromatic heterocycles. The monoisotopic (exact) mass is 356 g/mol. The van der Waals surface area contributed by atoms with Crippen molar-refractivity contribution in [3.63, 3.8) is 0 Å². The van der Waals surface area contributed by atoms with Crippen molar-refractivity contribution in [2.24, 2.45) is 5.92 Å². The number of aliphatic hydroxyl groups is 1. The van der Waals surface area contributed by atoms with Crippen LogP contribution in [0.5, 0.6) is 5.75 Å². The van der Waals surface area contributed by atoms with E-state index in [9.17, 15) is 5.11 Å². The number of para-hydroxylation sites is 1. The molecular formula is C21H28N2O3. The zero-order chi connectivity index (χ0) is 17.9. The molecule has 0 amide bonds. The Morgan fingerprint density at radius 1 is 1.23 bits per heavy atom. The molecule has 0 spiro atoms. The molecule has 140 valence electrons. The quantitative estimate of drug-likeness (QED) is 0.860. The van der Waals surface area contributed by atoms with Gasteiger partial charge < -0.3 is 14.4 Å². The number of ether oxygens (including phenoxy) is 1. The molecule has 0 radical (unpaired) electrons. The molecule has 2 heterocycles.